The van der Waals surface area contributed by atoms with Gasteiger partial charge in [0, 0.05) is 31.9 Å². The normalized spacial score (nSPS) is 16.8. The molecule has 0 radical (unpaired) electrons. The van der Waals surface area contributed by atoms with Crippen LogP contribution in [-0.2, 0) is 17.6 Å². The van der Waals surface area contributed by atoms with E-state index in [1.54, 1.807) is 4.90 Å². The largest absolute Gasteiger partial charge is 0.481 e. The molecule has 0 unspecified atom stereocenters. The van der Waals surface area contributed by atoms with Crippen LogP contribution in [-0.4, -0.2) is 53.2 Å². The molecule has 2 aliphatic rings. The fourth-order valence-corrected chi connectivity index (χ4v) is 3.17. The Morgan fingerprint density at radius 3 is 3.00 bits per heavy atom. The molecule has 1 aromatic heterocycles. The number of carbonyl (C=O) groups excluding carboxylic acids is 1. The molecule has 7 heteroatoms. The van der Waals surface area contributed by atoms with Crippen molar-refractivity contribution in [2.24, 2.45) is 5.92 Å². The zero-order chi connectivity index (χ0) is 16.9. The number of aliphatic carboxylic acids is 1. The topological polar surface area (TPSA) is 94.6 Å². The summed E-state index contributed by atoms with van der Waals surface area (Å²) in [5.74, 6) is 0.636. The lowest BCUT2D eigenvalue weighted by Gasteiger charge is -2.39. The first-order valence-electron chi connectivity index (χ1n) is 8.59. The summed E-state index contributed by atoms with van der Waals surface area (Å²) >= 11 is 0. The Kier molecular flexibility index (Phi) is 5.17. The number of nitrogens with one attached hydrogen (secondary N) is 2. The van der Waals surface area contributed by atoms with Gasteiger partial charge < -0.3 is 20.6 Å². The maximum absolute atomic E-state index is 11.8. The average Bonchev–Trinajstić information content (AvgIpc) is 2.53. The summed E-state index contributed by atoms with van der Waals surface area (Å²) in [6.45, 7) is 2.66. The maximum atomic E-state index is 11.8. The van der Waals surface area contributed by atoms with Crippen LogP contribution in [0.2, 0.25) is 0 Å². The summed E-state index contributed by atoms with van der Waals surface area (Å²) in [7, 11) is 0. The summed E-state index contributed by atoms with van der Waals surface area (Å²) in [6.07, 6.45) is 4.17. The maximum Gasteiger partial charge on any atom is 0.317 e. The number of hydrogen-bond donors (Lipinski definition) is 3. The molecule has 3 N–H and O–H groups in total. The summed E-state index contributed by atoms with van der Waals surface area (Å²) in [4.78, 5) is 28.6. The fraction of sp³-hybridized carbons (Fsp3) is 0.588. The number of urea groups is 1. The van der Waals surface area contributed by atoms with Gasteiger partial charge in [0.2, 0.25) is 0 Å². The Hall–Kier alpha value is -2.31. The van der Waals surface area contributed by atoms with Crippen molar-refractivity contribution in [2.75, 3.05) is 31.5 Å². The molecule has 0 aromatic carbocycles. The molecule has 3 heterocycles. The molecule has 24 heavy (non-hydrogen) atoms. The Labute approximate surface area is 141 Å². The molecule has 2 aliphatic heterocycles. The molecule has 0 spiro atoms. The number of aryl methyl sites for hydroxylation is 2. The third-order valence-electron chi connectivity index (χ3n) is 4.62. The minimum Gasteiger partial charge on any atom is -0.481 e. The van der Waals surface area contributed by atoms with Gasteiger partial charge in [0.1, 0.15) is 5.82 Å². The number of hydrogen-bond acceptors (Lipinski definition) is 4. The van der Waals surface area contributed by atoms with Crippen LogP contribution in [0, 0.1) is 5.92 Å². The fourth-order valence-electron chi connectivity index (χ4n) is 3.17. The molecule has 0 atom stereocenters. The predicted octanol–water partition coefficient (Wildman–Crippen LogP) is 1.49. The highest BCUT2D eigenvalue weighted by Crippen LogP contribution is 2.23. The first-order chi connectivity index (χ1) is 11.6. The van der Waals surface area contributed by atoms with Crippen LogP contribution < -0.4 is 10.6 Å². The highest BCUT2D eigenvalue weighted by Gasteiger charge is 2.30. The van der Waals surface area contributed by atoms with Crippen molar-refractivity contribution in [3.8, 4) is 0 Å². The van der Waals surface area contributed by atoms with Gasteiger partial charge in [-0.1, -0.05) is 6.07 Å². The lowest BCUT2D eigenvalue weighted by molar-refractivity contribution is -0.136. The molecule has 130 valence electrons. The number of amides is 2. The smallest absolute Gasteiger partial charge is 0.317 e. The highest BCUT2D eigenvalue weighted by molar-refractivity contribution is 5.76. The van der Waals surface area contributed by atoms with Gasteiger partial charge in [0.05, 0.1) is 6.42 Å². The summed E-state index contributed by atoms with van der Waals surface area (Å²) < 4.78 is 0. The van der Waals surface area contributed by atoms with Crippen molar-refractivity contribution in [2.45, 2.75) is 32.1 Å². The van der Waals surface area contributed by atoms with Gasteiger partial charge in [-0.3, -0.25) is 4.79 Å². The van der Waals surface area contributed by atoms with Gasteiger partial charge in [-0.15, -0.1) is 0 Å². The average molecular weight is 332 g/mol. The van der Waals surface area contributed by atoms with Gasteiger partial charge in [-0.2, -0.15) is 0 Å². The Balaban J connectivity index is 1.37. The van der Waals surface area contributed by atoms with Gasteiger partial charge in [-0.05, 0) is 43.2 Å². The molecular formula is C17H24N4O3. The molecule has 0 saturated carbocycles. The van der Waals surface area contributed by atoms with Gasteiger partial charge >= 0.3 is 12.0 Å². The van der Waals surface area contributed by atoms with E-state index in [0.29, 0.717) is 5.92 Å². The van der Waals surface area contributed by atoms with Crippen LogP contribution >= 0.6 is 0 Å². The van der Waals surface area contributed by atoms with Crippen molar-refractivity contribution >= 4 is 17.8 Å². The number of likely N-dealkylation sites (tertiary alicyclic amines) is 1. The predicted molar refractivity (Wildman–Crippen MR) is 90.1 cm³/mol. The Morgan fingerprint density at radius 1 is 1.38 bits per heavy atom. The Bertz CT molecular complexity index is 614. The highest BCUT2D eigenvalue weighted by atomic mass is 16.4. The number of nitrogens with zero attached hydrogens (tertiary/aromatic N) is 2. The van der Waals surface area contributed by atoms with Crippen LogP contribution in [0.4, 0.5) is 10.6 Å². The van der Waals surface area contributed by atoms with Crippen molar-refractivity contribution in [1.82, 2.24) is 15.2 Å². The van der Waals surface area contributed by atoms with Crippen LogP contribution in [0.25, 0.3) is 0 Å². The molecule has 0 aliphatic carbocycles. The van der Waals surface area contributed by atoms with Gasteiger partial charge in [0.25, 0.3) is 0 Å². The monoisotopic (exact) mass is 332 g/mol. The number of fused-ring (bicyclic) bond motifs is 1. The SMILES string of the molecule is O=C(O)CCNC(=O)N1CC(CCc2ccc3c(n2)NCCC3)C1. The van der Waals surface area contributed by atoms with Crippen LogP contribution in [0.3, 0.4) is 0 Å². The minimum atomic E-state index is -0.899. The number of carbonyl (C=O) groups is 2. The first-order valence-corrected chi connectivity index (χ1v) is 8.59. The Morgan fingerprint density at radius 2 is 2.21 bits per heavy atom. The third-order valence-corrected chi connectivity index (χ3v) is 4.62. The van der Waals surface area contributed by atoms with E-state index in [-0.39, 0.29) is 19.0 Å². The van der Waals surface area contributed by atoms with E-state index in [1.807, 2.05) is 0 Å². The summed E-state index contributed by atoms with van der Waals surface area (Å²) in [5, 5.41) is 14.5. The van der Waals surface area contributed by atoms with Crippen molar-refractivity contribution < 1.29 is 14.7 Å². The minimum absolute atomic E-state index is 0.0406. The van der Waals surface area contributed by atoms with E-state index in [1.165, 1.54) is 12.0 Å². The van der Waals surface area contributed by atoms with Crippen molar-refractivity contribution in [3.63, 3.8) is 0 Å². The molecule has 1 aromatic rings. The second-order valence-corrected chi connectivity index (χ2v) is 6.53. The number of anilines is 1. The van der Waals surface area contributed by atoms with E-state index in [0.717, 1.165) is 50.4 Å². The zero-order valence-corrected chi connectivity index (χ0v) is 13.8. The number of rotatable bonds is 6. The van der Waals surface area contributed by atoms with E-state index < -0.39 is 5.97 Å². The second-order valence-electron chi connectivity index (χ2n) is 6.53. The molecule has 7 nitrogen and oxygen atoms in total. The standard InChI is InChI=1S/C17H24N4O3/c22-15(23)7-9-19-17(24)21-10-12(11-21)3-5-14-6-4-13-2-1-8-18-16(13)20-14/h4,6,12H,1-3,5,7-11H2,(H,18,20)(H,19,24)(H,22,23). The third kappa shape index (κ3) is 4.15. The van der Waals surface area contributed by atoms with E-state index in [2.05, 4.69) is 22.8 Å². The quantitative estimate of drug-likeness (QED) is 0.734. The number of aromatic nitrogens is 1. The summed E-state index contributed by atoms with van der Waals surface area (Å²) in [6, 6.07) is 4.12. The van der Waals surface area contributed by atoms with Crippen molar-refractivity contribution in [3.05, 3.63) is 23.4 Å². The van der Waals surface area contributed by atoms with E-state index >= 15 is 0 Å². The lowest BCUT2D eigenvalue weighted by atomic mass is 9.94. The van der Waals surface area contributed by atoms with Gasteiger partial charge in [-0.25, -0.2) is 9.78 Å². The molecule has 1 saturated heterocycles. The number of pyridine rings is 1. The van der Waals surface area contributed by atoms with Gasteiger partial charge in [0.15, 0.2) is 0 Å². The number of carboxylic acid groups (broad SMARTS) is 1. The molecule has 2 amide bonds. The lowest BCUT2D eigenvalue weighted by Crippen LogP contribution is -2.54. The first kappa shape index (κ1) is 16.5. The molecule has 1 fully saturated rings. The summed E-state index contributed by atoms with van der Waals surface area (Å²) in [5.41, 5.74) is 2.41. The van der Waals surface area contributed by atoms with E-state index in [4.69, 9.17) is 10.1 Å². The van der Waals surface area contributed by atoms with E-state index in [9.17, 15) is 9.59 Å². The van der Waals surface area contributed by atoms with Crippen LogP contribution in [0.1, 0.15) is 30.5 Å². The van der Waals surface area contributed by atoms with Crippen molar-refractivity contribution in [1.29, 1.82) is 0 Å². The zero-order valence-electron chi connectivity index (χ0n) is 13.8. The van der Waals surface area contributed by atoms with Crippen LogP contribution in [0.15, 0.2) is 12.1 Å². The number of carboxylic acids is 1. The molecule has 0 bridgehead atoms. The molecular weight excluding hydrogens is 308 g/mol. The second kappa shape index (κ2) is 7.51. The van der Waals surface area contributed by atoms with Crippen LogP contribution in [0.5, 0.6) is 0 Å². The molecule has 3 rings (SSSR count).